The molecule has 1 N–H and O–H groups in total. The van der Waals surface area contributed by atoms with Crippen LogP contribution < -0.4 is 5.32 Å². The molecule has 0 bridgehead atoms. The van der Waals surface area contributed by atoms with Crippen molar-refractivity contribution in [1.82, 2.24) is 9.88 Å². The Balaban J connectivity index is 2.10. The van der Waals surface area contributed by atoms with Crippen LogP contribution >= 0.6 is 0 Å². The zero-order valence-electron chi connectivity index (χ0n) is 11.9. The summed E-state index contributed by atoms with van der Waals surface area (Å²) in [5.41, 5.74) is 0.744. The van der Waals surface area contributed by atoms with Crippen LogP contribution in [0.15, 0.2) is 18.3 Å². The first-order valence-electron chi connectivity index (χ1n) is 7.27. The maximum absolute atomic E-state index is 12.5. The summed E-state index contributed by atoms with van der Waals surface area (Å²) >= 11 is 0. The molecule has 2 heterocycles. The number of hydrogen-bond donors (Lipinski definition) is 1. The van der Waals surface area contributed by atoms with Crippen molar-refractivity contribution >= 4 is 11.7 Å². The van der Waals surface area contributed by atoms with Gasteiger partial charge >= 0.3 is 0 Å². The lowest BCUT2D eigenvalue weighted by molar-refractivity contribution is 0.0733. The molecule has 1 saturated heterocycles. The van der Waals surface area contributed by atoms with Crippen LogP contribution in [-0.4, -0.2) is 34.9 Å². The number of amides is 1. The Morgan fingerprint density at radius 3 is 3.11 bits per heavy atom. The van der Waals surface area contributed by atoms with Gasteiger partial charge in [0, 0.05) is 30.9 Å². The predicted molar refractivity (Wildman–Crippen MR) is 77.4 cm³/mol. The molecule has 0 aromatic carbocycles. The van der Waals surface area contributed by atoms with Crippen molar-refractivity contribution in [3.63, 3.8) is 0 Å². The molecular formula is C15H23N3O. The summed E-state index contributed by atoms with van der Waals surface area (Å²) in [6.45, 7) is 6.03. The lowest BCUT2D eigenvalue weighted by Crippen LogP contribution is -2.35. The highest BCUT2D eigenvalue weighted by Crippen LogP contribution is 2.22. The number of rotatable bonds is 5. The summed E-state index contributed by atoms with van der Waals surface area (Å²) < 4.78 is 0. The van der Waals surface area contributed by atoms with Crippen molar-refractivity contribution in [1.29, 1.82) is 0 Å². The average Bonchev–Trinajstić information content (AvgIpc) is 2.93. The Bertz CT molecular complexity index is 433. The third-order valence-electron chi connectivity index (χ3n) is 3.67. The van der Waals surface area contributed by atoms with Crippen LogP contribution in [0.1, 0.15) is 49.9 Å². The Morgan fingerprint density at radius 1 is 1.53 bits per heavy atom. The molecular weight excluding hydrogens is 238 g/mol. The van der Waals surface area contributed by atoms with Crippen LogP contribution in [-0.2, 0) is 0 Å². The Labute approximate surface area is 115 Å². The van der Waals surface area contributed by atoms with Gasteiger partial charge in [0.05, 0.1) is 0 Å². The summed E-state index contributed by atoms with van der Waals surface area (Å²) in [6.07, 6.45) is 6.05. The molecule has 1 atom stereocenters. The van der Waals surface area contributed by atoms with Gasteiger partial charge in [0.1, 0.15) is 5.82 Å². The van der Waals surface area contributed by atoms with Crippen molar-refractivity contribution < 1.29 is 4.79 Å². The van der Waals surface area contributed by atoms with Gasteiger partial charge in [-0.15, -0.1) is 0 Å². The van der Waals surface area contributed by atoms with Gasteiger partial charge < -0.3 is 10.2 Å². The predicted octanol–water partition coefficient (Wildman–Crippen LogP) is 2.92. The summed E-state index contributed by atoms with van der Waals surface area (Å²) in [7, 11) is 0. The fourth-order valence-corrected chi connectivity index (χ4v) is 2.61. The van der Waals surface area contributed by atoms with Crippen molar-refractivity contribution in [3.05, 3.63) is 23.9 Å². The van der Waals surface area contributed by atoms with Crippen molar-refractivity contribution in [3.8, 4) is 0 Å². The average molecular weight is 261 g/mol. The third-order valence-corrected chi connectivity index (χ3v) is 3.67. The quantitative estimate of drug-likeness (QED) is 0.886. The molecule has 0 aliphatic carbocycles. The van der Waals surface area contributed by atoms with E-state index in [0.29, 0.717) is 6.04 Å². The van der Waals surface area contributed by atoms with Crippen LogP contribution in [0.2, 0.25) is 0 Å². The van der Waals surface area contributed by atoms with E-state index in [9.17, 15) is 4.79 Å². The summed E-state index contributed by atoms with van der Waals surface area (Å²) in [4.78, 5) is 18.8. The highest BCUT2D eigenvalue weighted by atomic mass is 16.2. The highest BCUT2D eigenvalue weighted by molar-refractivity contribution is 5.95. The number of carbonyl (C=O) groups is 1. The fourth-order valence-electron chi connectivity index (χ4n) is 2.61. The standard InChI is InChI=1S/C15H23N3O/c1-3-8-16-14-11-12(7-9-17-14)15(19)18-10-5-6-13(18)4-2/h7,9,11,13H,3-6,8,10H2,1-2H3,(H,16,17). The van der Waals surface area contributed by atoms with Crippen LogP contribution in [0.3, 0.4) is 0 Å². The molecule has 104 valence electrons. The van der Waals surface area contributed by atoms with E-state index in [1.54, 1.807) is 6.20 Å². The number of anilines is 1. The van der Waals surface area contributed by atoms with Crippen LogP contribution in [0.4, 0.5) is 5.82 Å². The zero-order chi connectivity index (χ0) is 13.7. The smallest absolute Gasteiger partial charge is 0.254 e. The van der Waals surface area contributed by atoms with Gasteiger partial charge in [-0.1, -0.05) is 13.8 Å². The van der Waals surface area contributed by atoms with Crippen molar-refractivity contribution in [2.24, 2.45) is 0 Å². The largest absolute Gasteiger partial charge is 0.370 e. The van der Waals surface area contributed by atoms with E-state index in [0.717, 1.165) is 50.2 Å². The Hall–Kier alpha value is -1.58. The first-order valence-corrected chi connectivity index (χ1v) is 7.27. The second kappa shape index (κ2) is 6.55. The van der Waals surface area contributed by atoms with Gasteiger partial charge in [-0.2, -0.15) is 0 Å². The summed E-state index contributed by atoms with van der Waals surface area (Å²) in [6, 6.07) is 4.08. The maximum Gasteiger partial charge on any atom is 0.254 e. The van der Waals surface area contributed by atoms with E-state index in [2.05, 4.69) is 24.1 Å². The number of pyridine rings is 1. The molecule has 0 saturated carbocycles. The maximum atomic E-state index is 12.5. The molecule has 1 amide bonds. The number of carbonyl (C=O) groups excluding carboxylic acids is 1. The summed E-state index contributed by atoms with van der Waals surface area (Å²) in [5.74, 6) is 0.936. The normalized spacial score (nSPS) is 18.6. The van der Waals surface area contributed by atoms with Crippen molar-refractivity contribution in [2.45, 2.75) is 45.6 Å². The number of nitrogens with zero attached hydrogens (tertiary/aromatic N) is 2. The van der Waals surface area contributed by atoms with E-state index in [1.165, 1.54) is 0 Å². The summed E-state index contributed by atoms with van der Waals surface area (Å²) in [5, 5.41) is 3.22. The molecule has 1 aromatic rings. The molecule has 4 nitrogen and oxygen atoms in total. The van der Waals surface area contributed by atoms with Crippen LogP contribution in [0.5, 0.6) is 0 Å². The number of likely N-dealkylation sites (tertiary alicyclic amines) is 1. The van der Waals surface area contributed by atoms with Crippen LogP contribution in [0.25, 0.3) is 0 Å². The van der Waals surface area contributed by atoms with Gasteiger partial charge in [-0.25, -0.2) is 4.98 Å². The lowest BCUT2D eigenvalue weighted by atomic mass is 10.1. The number of nitrogens with one attached hydrogen (secondary N) is 1. The Kier molecular flexibility index (Phi) is 4.77. The number of hydrogen-bond acceptors (Lipinski definition) is 3. The molecule has 1 aliphatic heterocycles. The lowest BCUT2D eigenvalue weighted by Gasteiger charge is -2.23. The van der Waals surface area contributed by atoms with Gasteiger partial charge in [0.25, 0.3) is 5.91 Å². The number of aromatic nitrogens is 1. The van der Waals surface area contributed by atoms with Crippen molar-refractivity contribution in [2.75, 3.05) is 18.4 Å². The highest BCUT2D eigenvalue weighted by Gasteiger charge is 2.28. The molecule has 0 radical (unpaired) electrons. The SMILES string of the molecule is CCCNc1cc(C(=O)N2CCCC2CC)ccn1. The molecule has 1 unspecified atom stereocenters. The van der Waals surface area contributed by atoms with Gasteiger partial charge in [-0.3, -0.25) is 4.79 Å². The van der Waals surface area contributed by atoms with Gasteiger partial charge in [0.2, 0.25) is 0 Å². The molecule has 1 aliphatic rings. The topological polar surface area (TPSA) is 45.2 Å². The minimum Gasteiger partial charge on any atom is -0.370 e. The molecule has 0 spiro atoms. The zero-order valence-corrected chi connectivity index (χ0v) is 11.9. The second-order valence-corrected chi connectivity index (χ2v) is 5.06. The van der Waals surface area contributed by atoms with E-state index >= 15 is 0 Å². The first-order chi connectivity index (χ1) is 9.26. The minimum atomic E-state index is 0.145. The van der Waals surface area contributed by atoms with E-state index in [4.69, 9.17) is 0 Å². The van der Waals surface area contributed by atoms with E-state index in [-0.39, 0.29) is 5.91 Å². The molecule has 2 rings (SSSR count). The second-order valence-electron chi connectivity index (χ2n) is 5.06. The molecule has 19 heavy (non-hydrogen) atoms. The van der Waals surface area contributed by atoms with E-state index in [1.807, 2.05) is 17.0 Å². The molecule has 1 aromatic heterocycles. The Morgan fingerprint density at radius 2 is 2.37 bits per heavy atom. The fraction of sp³-hybridized carbons (Fsp3) is 0.600. The molecule has 1 fully saturated rings. The van der Waals surface area contributed by atoms with E-state index < -0.39 is 0 Å². The minimum absolute atomic E-state index is 0.145. The van der Waals surface area contributed by atoms with Gasteiger partial charge in [0.15, 0.2) is 0 Å². The molecule has 4 heteroatoms. The monoisotopic (exact) mass is 261 g/mol. The first kappa shape index (κ1) is 13.8. The third kappa shape index (κ3) is 3.25. The van der Waals surface area contributed by atoms with Crippen LogP contribution in [0, 0.1) is 0 Å². The van der Waals surface area contributed by atoms with Gasteiger partial charge in [-0.05, 0) is 37.8 Å².